The van der Waals surface area contributed by atoms with Crippen LogP contribution in [0.2, 0.25) is 0 Å². The Morgan fingerprint density at radius 1 is 1.27 bits per heavy atom. The summed E-state index contributed by atoms with van der Waals surface area (Å²) in [6, 6.07) is 7.73. The van der Waals surface area contributed by atoms with E-state index < -0.39 is 4.92 Å². The number of halogens is 1. The number of nitrogens with one attached hydrogen (secondary N) is 1. The second-order valence-corrected chi connectivity index (χ2v) is 7.23. The van der Waals surface area contributed by atoms with E-state index in [9.17, 15) is 19.7 Å². The van der Waals surface area contributed by atoms with Crippen molar-refractivity contribution < 1.29 is 14.5 Å². The summed E-state index contributed by atoms with van der Waals surface area (Å²) in [5.74, 6) is -0.119. The van der Waals surface area contributed by atoms with Crippen molar-refractivity contribution in [3.8, 4) is 5.69 Å². The molecule has 0 radical (unpaired) electrons. The molecule has 3 heterocycles. The van der Waals surface area contributed by atoms with Gasteiger partial charge >= 0.3 is 0 Å². The lowest BCUT2D eigenvalue weighted by molar-refractivity contribution is -0.384. The number of likely N-dealkylation sites (tertiary alicyclic amines) is 1. The van der Waals surface area contributed by atoms with Gasteiger partial charge in [-0.1, -0.05) is 6.07 Å². The van der Waals surface area contributed by atoms with E-state index >= 15 is 0 Å². The van der Waals surface area contributed by atoms with Crippen LogP contribution in [0.25, 0.3) is 5.69 Å². The van der Waals surface area contributed by atoms with Crippen molar-refractivity contribution in [3.63, 3.8) is 0 Å². The van der Waals surface area contributed by atoms with Gasteiger partial charge in [-0.2, -0.15) is 5.10 Å². The van der Waals surface area contributed by atoms with Gasteiger partial charge in [0.05, 0.1) is 17.2 Å². The van der Waals surface area contributed by atoms with E-state index in [2.05, 4.69) is 10.4 Å². The largest absolute Gasteiger partial charge is 0.336 e. The molecule has 0 aliphatic carbocycles. The standard InChI is InChI=1S/C19H22N6O4.ClH/c26-18-12-20-7-10-23(18)16-5-2-8-22(13-16)19(27)17-6-9-24(21-17)14-3-1-4-15(11-14)25(28)29;/h1,3-4,6,9,11,16,20H,2,5,7-8,10,12-13H2;1H. The highest BCUT2D eigenvalue weighted by Gasteiger charge is 2.32. The first-order chi connectivity index (χ1) is 14.0. The van der Waals surface area contributed by atoms with Crippen LogP contribution in [0.15, 0.2) is 36.5 Å². The number of carbonyl (C=O) groups is 2. The lowest BCUT2D eigenvalue weighted by atomic mass is 10.0. The Labute approximate surface area is 179 Å². The molecule has 2 aliphatic heterocycles. The molecular weight excluding hydrogens is 412 g/mol. The molecule has 1 atom stereocenters. The highest BCUT2D eigenvalue weighted by molar-refractivity contribution is 5.92. The Bertz CT molecular complexity index is 949. The number of nitrogens with zero attached hydrogens (tertiary/aromatic N) is 5. The number of non-ortho nitro benzene ring substituents is 1. The maximum absolute atomic E-state index is 13.0. The minimum atomic E-state index is -0.468. The molecule has 30 heavy (non-hydrogen) atoms. The maximum Gasteiger partial charge on any atom is 0.274 e. The average Bonchev–Trinajstić information content (AvgIpc) is 3.24. The number of hydrogen-bond donors (Lipinski definition) is 1. The van der Waals surface area contributed by atoms with E-state index in [1.54, 1.807) is 29.3 Å². The van der Waals surface area contributed by atoms with Crippen LogP contribution in [-0.4, -0.2) is 75.1 Å². The molecule has 11 heteroatoms. The first kappa shape index (κ1) is 21.7. The molecule has 1 unspecified atom stereocenters. The lowest BCUT2D eigenvalue weighted by Crippen LogP contribution is -2.57. The lowest BCUT2D eigenvalue weighted by Gasteiger charge is -2.40. The number of piperidine rings is 1. The molecule has 2 aliphatic rings. The number of rotatable bonds is 4. The Hall–Kier alpha value is -2.98. The Morgan fingerprint density at radius 2 is 2.10 bits per heavy atom. The summed E-state index contributed by atoms with van der Waals surface area (Å²) in [5, 5.41) is 18.4. The van der Waals surface area contributed by atoms with Gasteiger partial charge in [-0.15, -0.1) is 12.4 Å². The van der Waals surface area contributed by atoms with E-state index in [1.807, 2.05) is 4.90 Å². The first-order valence-corrected chi connectivity index (χ1v) is 9.63. The average molecular weight is 435 g/mol. The van der Waals surface area contributed by atoms with Crippen LogP contribution in [0.3, 0.4) is 0 Å². The monoisotopic (exact) mass is 434 g/mol. The number of piperazine rings is 1. The second-order valence-electron chi connectivity index (χ2n) is 7.23. The van der Waals surface area contributed by atoms with Crippen LogP contribution in [0.4, 0.5) is 5.69 Å². The molecule has 4 rings (SSSR count). The molecule has 1 aromatic carbocycles. The minimum absolute atomic E-state index is 0. The molecule has 2 fully saturated rings. The van der Waals surface area contributed by atoms with Crippen LogP contribution in [0.5, 0.6) is 0 Å². The van der Waals surface area contributed by atoms with Crippen LogP contribution < -0.4 is 5.32 Å². The van der Waals surface area contributed by atoms with Crippen molar-refractivity contribution >= 4 is 29.9 Å². The Kier molecular flexibility index (Phi) is 6.68. The van der Waals surface area contributed by atoms with Crippen molar-refractivity contribution in [2.75, 3.05) is 32.7 Å². The summed E-state index contributed by atoms with van der Waals surface area (Å²) >= 11 is 0. The third-order valence-corrected chi connectivity index (χ3v) is 5.36. The van der Waals surface area contributed by atoms with Gasteiger partial charge in [0.15, 0.2) is 5.69 Å². The zero-order valence-electron chi connectivity index (χ0n) is 16.3. The highest BCUT2D eigenvalue weighted by atomic mass is 35.5. The Morgan fingerprint density at radius 3 is 2.87 bits per heavy atom. The molecule has 10 nitrogen and oxygen atoms in total. The molecule has 2 saturated heterocycles. The summed E-state index contributed by atoms with van der Waals surface area (Å²) in [4.78, 5) is 39.2. The quantitative estimate of drug-likeness (QED) is 0.572. The topological polar surface area (TPSA) is 114 Å². The van der Waals surface area contributed by atoms with E-state index in [1.165, 1.54) is 16.8 Å². The van der Waals surface area contributed by atoms with Gasteiger partial charge in [0, 0.05) is 50.6 Å². The van der Waals surface area contributed by atoms with E-state index in [4.69, 9.17) is 0 Å². The zero-order valence-corrected chi connectivity index (χ0v) is 17.1. The molecule has 1 aromatic heterocycles. The molecule has 2 aromatic rings. The number of nitro benzene ring substituents is 1. The van der Waals surface area contributed by atoms with Crippen LogP contribution >= 0.6 is 12.4 Å². The number of nitro groups is 1. The fraction of sp³-hybridized carbons (Fsp3) is 0.421. The molecule has 0 spiro atoms. The second kappa shape index (κ2) is 9.23. The smallest absolute Gasteiger partial charge is 0.274 e. The molecule has 160 valence electrons. The van der Waals surface area contributed by atoms with Gasteiger partial charge in [0.2, 0.25) is 5.91 Å². The number of carbonyl (C=O) groups excluding carboxylic acids is 2. The van der Waals surface area contributed by atoms with Gasteiger partial charge in [-0.3, -0.25) is 19.7 Å². The van der Waals surface area contributed by atoms with Crippen LogP contribution in [0, 0.1) is 10.1 Å². The highest BCUT2D eigenvalue weighted by Crippen LogP contribution is 2.20. The van der Waals surface area contributed by atoms with Crippen molar-refractivity contribution in [1.82, 2.24) is 24.9 Å². The van der Waals surface area contributed by atoms with Gasteiger partial charge in [0.25, 0.3) is 11.6 Å². The zero-order chi connectivity index (χ0) is 20.4. The van der Waals surface area contributed by atoms with Crippen molar-refractivity contribution in [2.24, 2.45) is 0 Å². The van der Waals surface area contributed by atoms with Gasteiger partial charge in [0.1, 0.15) is 0 Å². The molecule has 1 N–H and O–H groups in total. The van der Waals surface area contributed by atoms with Crippen molar-refractivity contribution in [2.45, 2.75) is 18.9 Å². The molecular formula is C19H23ClN6O4. The predicted octanol–water partition coefficient (Wildman–Crippen LogP) is 1.24. The fourth-order valence-electron chi connectivity index (χ4n) is 3.89. The van der Waals surface area contributed by atoms with Gasteiger partial charge in [-0.25, -0.2) is 4.68 Å². The van der Waals surface area contributed by atoms with E-state index in [0.717, 1.165) is 19.4 Å². The number of hydrogen-bond acceptors (Lipinski definition) is 6. The van der Waals surface area contributed by atoms with Crippen molar-refractivity contribution in [1.29, 1.82) is 0 Å². The third kappa shape index (κ3) is 4.44. The normalized spacial score (nSPS) is 19.3. The summed E-state index contributed by atoms with van der Waals surface area (Å²) in [6.07, 6.45) is 3.34. The minimum Gasteiger partial charge on any atom is -0.336 e. The third-order valence-electron chi connectivity index (χ3n) is 5.36. The first-order valence-electron chi connectivity index (χ1n) is 9.63. The van der Waals surface area contributed by atoms with Crippen LogP contribution in [-0.2, 0) is 4.79 Å². The van der Waals surface area contributed by atoms with E-state index in [0.29, 0.717) is 31.9 Å². The summed E-state index contributed by atoms with van der Waals surface area (Å²) in [5.41, 5.74) is 0.760. The molecule has 0 saturated carbocycles. The predicted molar refractivity (Wildman–Crippen MR) is 111 cm³/mol. The van der Waals surface area contributed by atoms with E-state index in [-0.39, 0.29) is 41.6 Å². The number of amides is 2. The SMILES string of the molecule is Cl.O=C(c1ccn(-c2cccc([N+](=O)[O-])c2)n1)N1CCCC(N2CCNCC2=O)C1. The van der Waals surface area contributed by atoms with Gasteiger partial charge < -0.3 is 15.1 Å². The summed E-state index contributed by atoms with van der Waals surface area (Å²) in [7, 11) is 0. The molecule has 0 bridgehead atoms. The molecule has 2 amide bonds. The van der Waals surface area contributed by atoms with Crippen LogP contribution in [0.1, 0.15) is 23.3 Å². The fourth-order valence-corrected chi connectivity index (χ4v) is 3.89. The Balaban J connectivity index is 0.00000256. The maximum atomic E-state index is 13.0. The number of aromatic nitrogens is 2. The van der Waals surface area contributed by atoms with Crippen molar-refractivity contribution in [3.05, 3.63) is 52.3 Å². The van der Waals surface area contributed by atoms with Gasteiger partial charge in [-0.05, 0) is 25.0 Å². The summed E-state index contributed by atoms with van der Waals surface area (Å²) < 4.78 is 1.46. The number of benzene rings is 1. The summed E-state index contributed by atoms with van der Waals surface area (Å²) in [6.45, 7) is 2.89.